The van der Waals surface area contributed by atoms with Gasteiger partial charge in [-0.3, -0.25) is 4.98 Å². The van der Waals surface area contributed by atoms with Gasteiger partial charge in [0, 0.05) is 0 Å². The summed E-state index contributed by atoms with van der Waals surface area (Å²) in [6.07, 6.45) is 2.06. The molecule has 1 heterocycles. The highest BCUT2D eigenvalue weighted by molar-refractivity contribution is 5.72. The average molecular weight is 249 g/mol. The first-order valence-electron chi connectivity index (χ1n) is 6.26. The Bertz CT molecular complexity index is 544. The van der Waals surface area contributed by atoms with E-state index in [-0.39, 0.29) is 0 Å². The van der Waals surface area contributed by atoms with Crippen LogP contribution in [0.1, 0.15) is 12.0 Å². The number of benzene rings is 1. The van der Waals surface area contributed by atoms with E-state index in [0.29, 0.717) is 5.58 Å². The quantitative estimate of drug-likeness (QED) is 0.637. The van der Waals surface area contributed by atoms with Gasteiger partial charge in [0.05, 0.1) is 5.52 Å². The first-order valence-corrected chi connectivity index (χ1v) is 6.26. The maximum absolute atomic E-state index is 11.0. The van der Waals surface area contributed by atoms with E-state index in [0.717, 1.165) is 38.0 Å². The molecule has 0 aliphatic carbocycles. The van der Waals surface area contributed by atoms with Gasteiger partial charge in [0.25, 0.3) is 0 Å². The van der Waals surface area contributed by atoms with Gasteiger partial charge >= 0.3 is 5.76 Å². The summed E-state index contributed by atoms with van der Waals surface area (Å²) in [5.74, 6) is -0.396. The lowest BCUT2D eigenvalue weighted by atomic mass is 10.1. The number of hydrogen-bond donors (Lipinski definition) is 3. The highest BCUT2D eigenvalue weighted by Gasteiger charge is 2.01. The number of fused-ring (bicyclic) bond motifs is 1. The lowest BCUT2D eigenvalue weighted by Gasteiger charge is -2.04. The number of aromatic nitrogens is 1. The molecule has 0 aliphatic heterocycles. The van der Waals surface area contributed by atoms with Crippen molar-refractivity contribution in [1.82, 2.24) is 15.6 Å². The Morgan fingerprint density at radius 2 is 2.17 bits per heavy atom. The third-order valence-corrected chi connectivity index (χ3v) is 2.86. The highest BCUT2D eigenvalue weighted by atomic mass is 16.4. The summed E-state index contributed by atoms with van der Waals surface area (Å²) in [7, 11) is 1.96. The zero-order valence-electron chi connectivity index (χ0n) is 10.6. The molecule has 0 bridgehead atoms. The predicted octanol–water partition coefficient (Wildman–Crippen LogP) is 0.863. The molecule has 0 amide bonds. The fourth-order valence-corrected chi connectivity index (χ4v) is 1.89. The molecule has 0 unspecified atom stereocenters. The lowest BCUT2D eigenvalue weighted by Crippen LogP contribution is -2.21. The minimum atomic E-state index is -0.396. The number of H-pyrrole nitrogens is 1. The summed E-state index contributed by atoms with van der Waals surface area (Å²) in [6, 6.07) is 5.82. The van der Waals surface area contributed by atoms with Crippen LogP contribution in [0.25, 0.3) is 11.1 Å². The van der Waals surface area contributed by atoms with Gasteiger partial charge in [0.2, 0.25) is 0 Å². The summed E-state index contributed by atoms with van der Waals surface area (Å²) >= 11 is 0. The third kappa shape index (κ3) is 3.45. The Morgan fingerprint density at radius 1 is 1.28 bits per heavy atom. The van der Waals surface area contributed by atoms with Crippen LogP contribution in [-0.4, -0.2) is 31.7 Å². The number of rotatable bonds is 7. The molecule has 5 heteroatoms. The van der Waals surface area contributed by atoms with Gasteiger partial charge in [0.1, 0.15) is 0 Å². The molecule has 5 nitrogen and oxygen atoms in total. The van der Waals surface area contributed by atoms with Gasteiger partial charge < -0.3 is 15.1 Å². The van der Waals surface area contributed by atoms with Crippen molar-refractivity contribution >= 4 is 11.1 Å². The maximum Gasteiger partial charge on any atom is 0.417 e. The van der Waals surface area contributed by atoms with Crippen molar-refractivity contribution in [3.05, 3.63) is 34.3 Å². The first-order chi connectivity index (χ1) is 8.79. The molecule has 1 aromatic carbocycles. The van der Waals surface area contributed by atoms with Crippen LogP contribution >= 0.6 is 0 Å². The topological polar surface area (TPSA) is 70.1 Å². The number of hydrogen-bond acceptors (Lipinski definition) is 4. The third-order valence-electron chi connectivity index (χ3n) is 2.86. The Labute approximate surface area is 106 Å². The highest BCUT2D eigenvalue weighted by Crippen LogP contribution is 2.12. The van der Waals surface area contributed by atoms with Crippen LogP contribution < -0.4 is 16.4 Å². The number of aromatic amines is 1. The SMILES string of the molecule is CNCCCNCCc1ccc2[nH]c(=O)oc2c1. The summed E-state index contributed by atoms with van der Waals surface area (Å²) in [6.45, 7) is 2.99. The second kappa shape index (κ2) is 6.37. The normalized spacial score (nSPS) is 11.2. The zero-order chi connectivity index (χ0) is 12.8. The number of nitrogens with one attached hydrogen (secondary N) is 3. The molecule has 0 spiro atoms. The molecule has 0 fully saturated rings. The molecule has 3 N–H and O–H groups in total. The van der Waals surface area contributed by atoms with Crippen molar-refractivity contribution in [1.29, 1.82) is 0 Å². The lowest BCUT2D eigenvalue weighted by molar-refractivity contribution is 0.555. The Hall–Kier alpha value is -1.59. The summed E-state index contributed by atoms with van der Waals surface area (Å²) < 4.78 is 5.03. The smallest absolute Gasteiger partial charge is 0.408 e. The zero-order valence-corrected chi connectivity index (χ0v) is 10.6. The van der Waals surface area contributed by atoms with Crippen LogP contribution in [0.3, 0.4) is 0 Å². The Balaban J connectivity index is 1.82. The molecule has 2 rings (SSSR count). The monoisotopic (exact) mass is 249 g/mol. The largest absolute Gasteiger partial charge is 0.417 e. The van der Waals surface area contributed by atoms with E-state index in [1.165, 1.54) is 5.56 Å². The van der Waals surface area contributed by atoms with E-state index in [9.17, 15) is 4.79 Å². The molecule has 0 saturated heterocycles. The van der Waals surface area contributed by atoms with E-state index in [4.69, 9.17) is 4.42 Å². The fraction of sp³-hybridized carbons (Fsp3) is 0.462. The molecule has 1 aromatic heterocycles. The van der Waals surface area contributed by atoms with Crippen LogP contribution in [0.4, 0.5) is 0 Å². The summed E-state index contributed by atoms with van der Waals surface area (Å²) in [4.78, 5) is 13.7. The Morgan fingerprint density at radius 3 is 3.00 bits per heavy atom. The van der Waals surface area contributed by atoms with Crippen LogP contribution in [-0.2, 0) is 6.42 Å². The van der Waals surface area contributed by atoms with Crippen molar-refractivity contribution < 1.29 is 4.42 Å². The molecule has 0 radical (unpaired) electrons. The van der Waals surface area contributed by atoms with E-state index in [2.05, 4.69) is 15.6 Å². The van der Waals surface area contributed by atoms with Gasteiger partial charge in [-0.2, -0.15) is 0 Å². The van der Waals surface area contributed by atoms with Gasteiger partial charge in [-0.15, -0.1) is 0 Å². The predicted molar refractivity (Wildman–Crippen MR) is 72.0 cm³/mol. The van der Waals surface area contributed by atoms with E-state index in [1.807, 2.05) is 25.2 Å². The number of oxazole rings is 1. The van der Waals surface area contributed by atoms with E-state index in [1.54, 1.807) is 0 Å². The van der Waals surface area contributed by atoms with Gasteiger partial charge in [0.15, 0.2) is 5.58 Å². The van der Waals surface area contributed by atoms with Crippen molar-refractivity contribution in [2.75, 3.05) is 26.7 Å². The standard InChI is InChI=1S/C13H19N3O2/c1-14-6-2-7-15-8-5-10-3-4-11-12(9-10)18-13(17)16-11/h3-4,9,14-15H,2,5-8H2,1H3,(H,16,17). The molecular formula is C13H19N3O2. The van der Waals surface area contributed by atoms with Gasteiger partial charge in [-0.1, -0.05) is 6.07 Å². The van der Waals surface area contributed by atoms with Gasteiger partial charge in [-0.25, -0.2) is 4.79 Å². The molecule has 2 aromatic rings. The molecule has 0 aliphatic rings. The maximum atomic E-state index is 11.0. The summed E-state index contributed by atoms with van der Waals surface area (Å²) in [5.41, 5.74) is 2.56. The van der Waals surface area contributed by atoms with Crippen molar-refractivity contribution in [2.24, 2.45) is 0 Å². The molecule has 98 valence electrons. The average Bonchev–Trinajstić information content (AvgIpc) is 2.73. The van der Waals surface area contributed by atoms with E-state index >= 15 is 0 Å². The van der Waals surface area contributed by atoms with Crippen LogP contribution in [0.15, 0.2) is 27.4 Å². The van der Waals surface area contributed by atoms with Crippen molar-refractivity contribution in [3.8, 4) is 0 Å². The fourth-order valence-electron chi connectivity index (χ4n) is 1.89. The van der Waals surface area contributed by atoms with Crippen LogP contribution in [0, 0.1) is 0 Å². The van der Waals surface area contributed by atoms with Crippen molar-refractivity contribution in [2.45, 2.75) is 12.8 Å². The van der Waals surface area contributed by atoms with Crippen LogP contribution in [0.2, 0.25) is 0 Å². The minimum absolute atomic E-state index is 0.396. The second-order valence-corrected chi connectivity index (χ2v) is 4.30. The Kier molecular flexibility index (Phi) is 4.55. The van der Waals surface area contributed by atoms with Crippen LogP contribution in [0.5, 0.6) is 0 Å². The molecular weight excluding hydrogens is 230 g/mol. The van der Waals surface area contributed by atoms with Gasteiger partial charge in [-0.05, 0) is 57.2 Å². The minimum Gasteiger partial charge on any atom is -0.408 e. The first kappa shape index (κ1) is 12.9. The molecule has 18 heavy (non-hydrogen) atoms. The molecule has 0 saturated carbocycles. The molecule has 0 atom stereocenters. The second-order valence-electron chi connectivity index (χ2n) is 4.30. The van der Waals surface area contributed by atoms with Crippen molar-refractivity contribution in [3.63, 3.8) is 0 Å². The summed E-state index contributed by atoms with van der Waals surface area (Å²) in [5, 5.41) is 6.50. The van der Waals surface area contributed by atoms with E-state index < -0.39 is 5.76 Å².